The molecule has 3 heterocycles. The van der Waals surface area contributed by atoms with E-state index < -0.39 is 5.41 Å². The molecule has 1 N–H and O–H groups in total. The van der Waals surface area contributed by atoms with E-state index in [0.717, 1.165) is 42.1 Å². The van der Waals surface area contributed by atoms with Gasteiger partial charge in [-0.25, -0.2) is 0 Å². The lowest BCUT2D eigenvalue weighted by atomic mass is 9.77. The van der Waals surface area contributed by atoms with Gasteiger partial charge >= 0.3 is 0 Å². The minimum Gasteiger partial charge on any atom is -0.497 e. The first-order chi connectivity index (χ1) is 16.7. The molecule has 3 aromatic carbocycles. The summed E-state index contributed by atoms with van der Waals surface area (Å²) in [5.74, 6) is 2.92. The molecule has 1 amide bonds. The standard InChI is InChI=1S/C27H26N2O5/c1-31-19-9-7-18(8-10-19)15-28-11-4-12-29-22-6-3-2-5-20(22)27(26(29)30)16-32-23-14-25-24(13-21(23)27)33-17-34-25/h2-3,5-10,13-14,28H,4,11-12,15-17H2,1H3. The smallest absolute Gasteiger partial charge is 0.245 e. The average molecular weight is 459 g/mol. The predicted octanol–water partition coefficient (Wildman–Crippen LogP) is 3.63. The molecule has 0 saturated carbocycles. The van der Waals surface area contributed by atoms with Crippen molar-refractivity contribution in [2.45, 2.75) is 18.4 Å². The molecule has 174 valence electrons. The van der Waals surface area contributed by atoms with Crippen LogP contribution in [0.25, 0.3) is 0 Å². The van der Waals surface area contributed by atoms with Crippen molar-refractivity contribution in [1.29, 1.82) is 0 Å². The first-order valence-electron chi connectivity index (χ1n) is 11.5. The number of benzene rings is 3. The fourth-order valence-electron chi connectivity index (χ4n) is 5.12. The Morgan fingerprint density at radius 2 is 1.76 bits per heavy atom. The Morgan fingerprint density at radius 3 is 2.59 bits per heavy atom. The van der Waals surface area contributed by atoms with Crippen LogP contribution in [0.2, 0.25) is 0 Å². The van der Waals surface area contributed by atoms with Crippen LogP contribution in [0.3, 0.4) is 0 Å². The largest absolute Gasteiger partial charge is 0.497 e. The van der Waals surface area contributed by atoms with Gasteiger partial charge in [-0.05, 0) is 48.4 Å². The van der Waals surface area contributed by atoms with Gasteiger partial charge in [0.25, 0.3) is 0 Å². The summed E-state index contributed by atoms with van der Waals surface area (Å²) in [4.78, 5) is 15.8. The highest BCUT2D eigenvalue weighted by Gasteiger charge is 2.57. The van der Waals surface area contributed by atoms with Crippen molar-refractivity contribution in [2.75, 3.05) is 38.5 Å². The molecular weight excluding hydrogens is 432 g/mol. The molecule has 34 heavy (non-hydrogen) atoms. The first-order valence-corrected chi connectivity index (χ1v) is 11.5. The highest BCUT2D eigenvalue weighted by atomic mass is 16.7. The van der Waals surface area contributed by atoms with Gasteiger partial charge in [-0.3, -0.25) is 4.79 Å². The van der Waals surface area contributed by atoms with E-state index in [1.165, 1.54) is 5.56 Å². The number of hydrogen-bond donors (Lipinski definition) is 1. The molecule has 0 aliphatic carbocycles. The molecule has 1 atom stereocenters. The van der Waals surface area contributed by atoms with Gasteiger partial charge in [-0.1, -0.05) is 30.3 Å². The molecule has 3 aliphatic heterocycles. The van der Waals surface area contributed by atoms with Crippen LogP contribution in [-0.4, -0.2) is 39.5 Å². The Kier molecular flexibility index (Phi) is 5.07. The van der Waals surface area contributed by atoms with Gasteiger partial charge in [-0.15, -0.1) is 0 Å². The van der Waals surface area contributed by atoms with Crippen LogP contribution in [0.1, 0.15) is 23.1 Å². The fourth-order valence-corrected chi connectivity index (χ4v) is 5.12. The second-order valence-corrected chi connectivity index (χ2v) is 8.75. The third-order valence-corrected chi connectivity index (χ3v) is 6.87. The third-order valence-electron chi connectivity index (χ3n) is 6.87. The second kappa shape index (κ2) is 8.25. The maximum atomic E-state index is 13.9. The second-order valence-electron chi connectivity index (χ2n) is 8.75. The number of methoxy groups -OCH3 is 1. The number of nitrogens with one attached hydrogen (secondary N) is 1. The van der Waals surface area contributed by atoms with Crippen molar-refractivity contribution < 1.29 is 23.7 Å². The van der Waals surface area contributed by atoms with E-state index in [1.54, 1.807) is 7.11 Å². The summed E-state index contributed by atoms with van der Waals surface area (Å²) in [7, 11) is 1.67. The van der Waals surface area contributed by atoms with Crippen LogP contribution < -0.4 is 29.2 Å². The summed E-state index contributed by atoms with van der Waals surface area (Å²) in [6, 6.07) is 19.8. The Bertz CT molecular complexity index is 1240. The van der Waals surface area contributed by atoms with Crippen molar-refractivity contribution in [3.63, 3.8) is 0 Å². The number of carbonyl (C=O) groups excluding carboxylic acids is 1. The molecule has 7 heteroatoms. The molecule has 0 fully saturated rings. The van der Waals surface area contributed by atoms with Gasteiger partial charge < -0.3 is 29.2 Å². The van der Waals surface area contributed by atoms with E-state index in [1.807, 2.05) is 53.4 Å². The van der Waals surface area contributed by atoms with Gasteiger partial charge in [0.2, 0.25) is 12.7 Å². The number of amides is 1. The monoisotopic (exact) mass is 458 g/mol. The van der Waals surface area contributed by atoms with E-state index in [0.29, 0.717) is 23.8 Å². The summed E-state index contributed by atoms with van der Waals surface area (Å²) < 4.78 is 22.4. The van der Waals surface area contributed by atoms with E-state index >= 15 is 0 Å². The first kappa shape index (κ1) is 20.9. The molecule has 0 saturated heterocycles. The Hall–Kier alpha value is -3.71. The topological polar surface area (TPSA) is 69.3 Å². The number of nitrogens with zero attached hydrogens (tertiary/aromatic N) is 1. The summed E-state index contributed by atoms with van der Waals surface area (Å²) in [6.45, 7) is 2.68. The quantitative estimate of drug-likeness (QED) is 0.546. The van der Waals surface area contributed by atoms with Crippen LogP contribution in [0, 0.1) is 0 Å². The number of rotatable bonds is 7. The number of carbonyl (C=O) groups is 1. The van der Waals surface area contributed by atoms with Crippen LogP contribution in [0.15, 0.2) is 60.7 Å². The van der Waals surface area contributed by atoms with Gasteiger partial charge in [0.05, 0.1) is 7.11 Å². The van der Waals surface area contributed by atoms with Crippen molar-refractivity contribution in [3.8, 4) is 23.0 Å². The Balaban J connectivity index is 1.18. The van der Waals surface area contributed by atoms with Crippen molar-refractivity contribution in [2.24, 2.45) is 0 Å². The lowest BCUT2D eigenvalue weighted by Crippen LogP contribution is -2.43. The van der Waals surface area contributed by atoms with Gasteiger partial charge in [-0.2, -0.15) is 0 Å². The number of anilines is 1. The normalized spacial score (nSPS) is 19.3. The van der Waals surface area contributed by atoms with Crippen molar-refractivity contribution >= 4 is 11.6 Å². The lowest BCUT2D eigenvalue weighted by molar-refractivity contribution is -0.122. The molecule has 1 spiro atoms. The number of hydrogen-bond acceptors (Lipinski definition) is 6. The summed E-state index contributed by atoms with van der Waals surface area (Å²) in [5, 5.41) is 3.47. The molecule has 3 aromatic rings. The van der Waals surface area contributed by atoms with Crippen LogP contribution >= 0.6 is 0 Å². The highest BCUT2D eigenvalue weighted by molar-refractivity contribution is 6.11. The molecular formula is C27H26N2O5. The molecule has 3 aliphatic rings. The average Bonchev–Trinajstić information content (AvgIpc) is 3.55. The van der Waals surface area contributed by atoms with Crippen molar-refractivity contribution in [3.05, 3.63) is 77.4 Å². The maximum absolute atomic E-state index is 13.9. The molecule has 6 rings (SSSR count). The number of fused-ring (bicyclic) bond motifs is 5. The van der Waals surface area contributed by atoms with Crippen molar-refractivity contribution in [1.82, 2.24) is 5.32 Å². The minimum atomic E-state index is -0.844. The third kappa shape index (κ3) is 3.19. The van der Waals surface area contributed by atoms with Crippen LogP contribution in [0.4, 0.5) is 5.69 Å². The molecule has 1 unspecified atom stereocenters. The molecule has 0 bridgehead atoms. The molecule has 7 nitrogen and oxygen atoms in total. The number of para-hydroxylation sites is 1. The summed E-state index contributed by atoms with van der Waals surface area (Å²) in [5.41, 5.74) is 3.15. The van der Waals surface area contributed by atoms with E-state index in [2.05, 4.69) is 17.4 Å². The highest BCUT2D eigenvalue weighted by Crippen LogP contribution is 2.54. The van der Waals surface area contributed by atoms with Gasteiger partial charge in [0.1, 0.15) is 23.5 Å². The maximum Gasteiger partial charge on any atom is 0.245 e. The Morgan fingerprint density at radius 1 is 0.971 bits per heavy atom. The zero-order chi connectivity index (χ0) is 23.1. The van der Waals surface area contributed by atoms with E-state index in [9.17, 15) is 4.79 Å². The van der Waals surface area contributed by atoms with Gasteiger partial charge in [0.15, 0.2) is 11.5 Å². The van der Waals surface area contributed by atoms with E-state index in [4.69, 9.17) is 18.9 Å². The van der Waals surface area contributed by atoms with Gasteiger partial charge in [0, 0.05) is 30.4 Å². The predicted molar refractivity (Wildman–Crippen MR) is 127 cm³/mol. The van der Waals surface area contributed by atoms with Crippen LogP contribution in [-0.2, 0) is 16.8 Å². The summed E-state index contributed by atoms with van der Waals surface area (Å²) in [6.07, 6.45) is 0.834. The lowest BCUT2D eigenvalue weighted by Gasteiger charge is -2.23. The minimum absolute atomic E-state index is 0.0569. The zero-order valence-electron chi connectivity index (χ0n) is 19.0. The number of ether oxygens (including phenoxy) is 4. The SMILES string of the molecule is COc1ccc(CNCCCN2C(=O)C3(COc4cc5c(cc43)OCO5)c3ccccc32)cc1. The molecule has 0 radical (unpaired) electrons. The molecule has 0 aromatic heterocycles. The zero-order valence-corrected chi connectivity index (χ0v) is 19.0. The Labute approximate surface area is 198 Å². The van der Waals surface area contributed by atoms with Crippen LogP contribution in [0.5, 0.6) is 23.0 Å². The fraction of sp³-hybridized carbons (Fsp3) is 0.296. The summed E-state index contributed by atoms with van der Waals surface area (Å²) >= 11 is 0. The van der Waals surface area contributed by atoms with E-state index in [-0.39, 0.29) is 19.3 Å².